The minimum atomic E-state index is -4.48. The monoisotopic (exact) mass is 338 g/mol. The van der Waals surface area contributed by atoms with E-state index in [0.717, 1.165) is 12.1 Å². The molecule has 24 heavy (non-hydrogen) atoms. The highest BCUT2D eigenvalue weighted by Gasteiger charge is 2.30. The number of anilines is 1. The molecule has 0 fully saturated rings. The molecule has 0 aliphatic carbocycles. The highest BCUT2D eigenvalue weighted by Crippen LogP contribution is 2.30. The van der Waals surface area contributed by atoms with E-state index >= 15 is 0 Å². The number of nitrogens with one attached hydrogen (secondary N) is 1. The van der Waals surface area contributed by atoms with Crippen LogP contribution in [0.4, 0.5) is 24.5 Å². The fraction of sp³-hybridized carbons (Fsp3) is 0.188. The van der Waals surface area contributed by atoms with Gasteiger partial charge >= 0.3 is 6.18 Å². The van der Waals surface area contributed by atoms with E-state index in [4.69, 9.17) is 0 Å². The van der Waals surface area contributed by atoms with E-state index in [9.17, 15) is 28.1 Å². The molecular weight excluding hydrogens is 325 g/mol. The first-order chi connectivity index (χ1) is 11.2. The second kappa shape index (κ2) is 6.69. The van der Waals surface area contributed by atoms with Gasteiger partial charge in [-0.1, -0.05) is 24.3 Å². The zero-order valence-electron chi connectivity index (χ0n) is 12.6. The second-order valence-corrected chi connectivity index (χ2v) is 5.13. The molecule has 2 aromatic rings. The number of carbonyl (C=O) groups is 1. The fourth-order valence-corrected chi connectivity index (χ4v) is 2.19. The first kappa shape index (κ1) is 17.5. The van der Waals surface area contributed by atoms with Gasteiger partial charge in [0.25, 0.3) is 5.69 Å². The molecule has 126 valence electrons. The van der Waals surface area contributed by atoms with Gasteiger partial charge in [-0.05, 0) is 24.6 Å². The topological polar surface area (TPSA) is 72.2 Å². The maximum atomic E-state index is 12.7. The van der Waals surface area contributed by atoms with Gasteiger partial charge in [0.05, 0.1) is 28.2 Å². The Balaban J connectivity index is 2.15. The summed E-state index contributed by atoms with van der Waals surface area (Å²) >= 11 is 0. The molecule has 0 atom stereocenters. The van der Waals surface area contributed by atoms with Crippen LogP contribution in [0, 0.1) is 17.0 Å². The lowest BCUT2D eigenvalue weighted by Gasteiger charge is -2.10. The summed E-state index contributed by atoms with van der Waals surface area (Å²) in [6, 6.07) is 8.68. The molecule has 2 rings (SSSR count). The molecule has 0 heterocycles. The van der Waals surface area contributed by atoms with Crippen molar-refractivity contribution in [2.75, 3.05) is 5.32 Å². The molecule has 0 spiro atoms. The number of halogens is 3. The quantitative estimate of drug-likeness (QED) is 0.674. The summed E-state index contributed by atoms with van der Waals surface area (Å²) in [6.45, 7) is 1.48. The van der Waals surface area contributed by atoms with Crippen molar-refractivity contribution in [1.82, 2.24) is 0 Å². The lowest BCUT2D eigenvalue weighted by atomic mass is 10.1. The smallest absolute Gasteiger partial charge is 0.325 e. The Kier molecular flexibility index (Phi) is 4.87. The third-order valence-corrected chi connectivity index (χ3v) is 3.39. The van der Waals surface area contributed by atoms with Gasteiger partial charge in [-0.25, -0.2) is 0 Å². The lowest BCUT2D eigenvalue weighted by Crippen LogP contribution is -2.16. The number of rotatable bonds is 4. The Bertz CT molecular complexity index is 788. The van der Waals surface area contributed by atoms with Crippen molar-refractivity contribution in [1.29, 1.82) is 0 Å². The van der Waals surface area contributed by atoms with Crippen LogP contribution in [0.3, 0.4) is 0 Å². The normalized spacial score (nSPS) is 11.2. The first-order valence-corrected chi connectivity index (χ1v) is 6.88. The molecule has 1 N–H and O–H groups in total. The summed E-state index contributed by atoms with van der Waals surface area (Å²) in [7, 11) is 0. The summed E-state index contributed by atoms with van der Waals surface area (Å²) in [4.78, 5) is 22.3. The van der Waals surface area contributed by atoms with E-state index in [1.54, 1.807) is 0 Å². The van der Waals surface area contributed by atoms with Crippen molar-refractivity contribution in [3.8, 4) is 0 Å². The Morgan fingerprint density at radius 2 is 1.88 bits per heavy atom. The van der Waals surface area contributed by atoms with Crippen LogP contribution in [0.1, 0.15) is 16.7 Å². The van der Waals surface area contributed by atoms with E-state index in [1.807, 2.05) is 0 Å². The largest absolute Gasteiger partial charge is 0.416 e. The highest BCUT2D eigenvalue weighted by atomic mass is 19.4. The SMILES string of the molecule is Cc1c(NC(=O)Cc2cccc(C(F)(F)F)c2)cccc1[N+](=O)[O-]. The van der Waals surface area contributed by atoms with Crippen LogP contribution in [0.15, 0.2) is 42.5 Å². The molecule has 1 amide bonds. The van der Waals surface area contributed by atoms with Crippen LogP contribution in [0.2, 0.25) is 0 Å². The van der Waals surface area contributed by atoms with Crippen molar-refractivity contribution in [3.05, 3.63) is 69.3 Å². The number of benzene rings is 2. The maximum absolute atomic E-state index is 12.7. The molecule has 0 radical (unpaired) electrons. The number of nitro benzene ring substituents is 1. The second-order valence-electron chi connectivity index (χ2n) is 5.13. The summed E-state index contributed by atoms with van der Waals surface area (Å²) in [5.74, 6) is -0.557. The van der Waals surface area contributed by atoms with Crippen LogP contribution in [0.5, 0.6) is 0 Å². The number of hydrogen-bond donors (Lipinski definition) is 1. The minimum Gasteiger partial charge on any atom is -0.325 e. The van der Waals surface area contributed by atoms with E-state index < -0.39 is 22.6 Å². The standard InChI is InChI=1S/C16H13F3N2O3/c1-10-13(6-3-7-14(10)21(23)24)20-15(22)9-11-4-2-5-12(8-11)16(17,18)19/h2-8H,9H2,1H3,(H,20,22). The summed E-state index contributed by atoms with van der Waals surface area (Å²) in [5, 5.41) is 13.4. The van der Waals surface area contributed by atoms with Crippen LogP contribution in [0.25, 0.3) is 0 Å². The molecule has 0 saturated carbocycles. The molecule has 0 unspecified atom stereocenters. The average Bonchev–Trinajstić information content (AvgIpc) is 2.48. The fourth-order valence-electron chi connectivity index (χ4n) is 2.19. The molecule has 0 aliphatic heterocycles. The van der Waals surface area contributed by atoms with E-state index in [0.29, 0.717) is 0 Å². The van der Waals surface area contributed by atoms with Gasteiger partial charge in [0.1, 0.15) is 0 Å². The molecule has 0 aliphatic rings. The van der Waals surface area contributed by atoms with E-state index in [2.05, 4.69) is 5.32 Å². The van der Waals surface area contributed by atoms with Crippen LogP contribution in [-0.4, -0.2) is 10.8 Å². The molecule has 5 nitrogen and oxygen atoms in total. The highest BCUT2D eigenvalue weighted by molar-refractivity contribution is 5.93. The van der Waals surface area contributed by atoms with E-state index in [1.165, 1.54) is 37.3 Å². The molecule has 2 aromatic carbocycles. The summed E-state index contributed by atoms with van der Waals surface area (Å²) < 4.78 is 38.0. The van der Waals surface area contributed by atoms with Gasteiger partial charge in [-0.15, -0.1) is 0 Å². The predicted octanol–water partition coefficient (Wildman–Crippen LogP) is 4.10. The number of nitro groups is 1. The third kappa shape index (κ3) is 4.09. The Hall–Kier alpha value is -2.90. The molecule has 0 saturated heterocycles. The maximum Gasteiger partial charge on any atom is 0.416 e. The number of hydrogen-bond acceptors (Lipinski definition) is 3. The zero-order chi connectivity index (χ0) is 17.9. The van der Waals surface area contributed by atoms with Gasteiger partial charge in [0.2, 0.25) is 5.91 Å². The zero-order valence-corrected chi connectivity index (χ0v) is 12.6. The van der Waals surface area contributed by atoms with Gasteiger partial charge in [0.15, 0.2) is 0 Å². The Labute approximate surface area is 135 Å². The molecular formula is C16H13F3N2O3. The first-order valence-electron chi connectivity index (χ1n) is 6.88. The van der Waals surface area contributed by atoms with Crippen molar-refractivity contribution >= 4 is 17.3 Å². The molecule has 0 bridgehead atoms. The number of alkyl halides is 3. The van der Waals surface area contributed by atoms with Crippen LogP contribution < -0.4 is 5.32 Å². The number of nitrogens with zero attached hydrogens (tertiary/aromatic N) is 1. The molecule has 0 aromatic heterocycles. The Morgan fingerprint density at radius 3 is 2.50 bits per heavy atom. The molecule has 8 heteroatoms. The predicted molar refractivity (Wildman–Crippen MR) is 81.6 cm³/mol. The van der Waals surface area contributed by atoms with Gasteiger partial charge in [-0.3, -0.25) is 14.9 Å². The lowest BCUT2D eigenvalue weighted by molar-refractivity contribution is -0.385. The summed E-state index contributed by atoms with van der Waals surface area (Å²) in [5.41, 5.74) is -0.252. The third-order valence-electron chi connectivity index (χ3n) is 3.39. The van der Waals surface area contributed by atoms with Gasteiger partial charge in [0, 0.05) is 6.07 Å². The van der Waals surface area contributed by atoms with Gasteiger partial charge < -0.3 is 5.32 Å². The number of carbonyl (C=O) groups excluding carboxylic acids is 1. The van der Waals surface area contributed by atoms with Crippen molar-refractivity contribution in [3.63, 3.8) is 0 Å². The van der Waals surface area contributed by atoms with Crippen molar-refractivity contribution in [2.45, 2.75) is 19.5 Å². The van der Waals surface area contributed by atoms with Gasteiger partial charge in [-0.2, -0.15) is 13.2 Å². The van der Waals surface area contributed by atoms with Crippen LogP contribution >= 0.6 is 0 Å². The van der Waals surface area contributed by atoms with Crippen molar-refractivity contribution in [2.24, 2.45) is 0 Å². The minimum absolute atomic E-state index is 0.146. The van der Waals surface area contributed by atoms with E-state index in [-0.39, 0.29) is 28.9 Å². The number of amides is 1. The summed E-state index contributed by atoms with van der Waals surface area (Å²) in [6.07, 6.45) is -4.75. The van der Waals surface area contributed by atoms with Crippen molar-refractivity contribution < 1.29 is 22.9 Å². The average molecular weight is 338 g/mol. The van der Waals surface area contributed by atoms with Crippen LogP contribution in [-0.2, 0) is 17.4 Å². The Morgan fingerprint density at radius 1 is 1.21 bits per heavy atom.